The van der Waals surface area contributed by atoms with Crippen molar-refractivity contribution < 1.29 is 9.53 Å². The molecule has 2 aromatic rings. The zero-order valence-corrected chi connectivity index (χ0v) is 15.0. The van der Waals surface area contributed by atoms with Crippen LogP contribution in [0, 0.1) is 13.8 Å². The van der Waals surface area contributed by atoms with Gasteiger partial charge in [-0.1, -0.05) is 30.8 Å². The van der Waals surface area contributed by atoms with Gasteiger partial charge < -0.3 is 9.64 Å². The Labute approximate surface area is 149 Å². The summed E-state index contributed by atoms with van der Waals surface area (Å²) in [5.74, 6) is 0.748. The Morgan fingerprint density at radius 3 is 2.68 bits per heavy atom. The van der Waals surface area contributed by atoms with Gasteiger partial charge in [0.05, 0.1) is 12.2 Å². The average Bonchev–Trinajstić information content (AvgIpc) is 2.62. The first-order chi connectivity index (χ1) is 12.0. The summed E-state index contributed by atoms with van der Waals surface area (Å²) < 4.78 is 5.78. The maximum absolute atomic E-state index is 11.1. The fourth-order valence-electron chi connectivity index (χ4n) is 3.20. The second kappa shape index (κ2) is 6.98. The molecule has 3 heteroatoms. The van der Waals surface area contributed by atoms with Gasteiger partial charge in [0.2, 0.25) is 0 Å². The Hall–Kier alpha value is -2.81. The molecule has 0 saturated carbocycles. The normalized spacial score (nSPS) is 13.9. The fourth-order valence-corrected chi connectivity index (χ4v) is 3.20. The number of aldehydes is 1. The molecule has 0 unspecified atom stereocenters. The third-order valence-electron chi connectivity index (χ3n) is 4.61. The molecule has 25 heavy (non-hydrogen) atoms. The maximum Gasteiger partial charge on any atom is 0.150 e. The second-order valence-electron chi connectivity index (χ2n) is 6.43. The summed E-state index contributed by atoms with van der Waals surface area (Å²) in [7, 11) is 0. The van der Waals surface area contributed by atoms with Crippen LogP contribution in [0.3, 0.4) is 0 Å². The Bertz CT molecular complexity index is 864. The van der Waals surface area contributed by atoms with Gasteiger partial charge in [-0.15, -0.1) is 0 Å². The van der Waals surface area contributed by atoms with Crippen molar-refractivity contribution in [3.63, 3.8) is 0 Å². The molecule has 3 nitrogen and oxygen atoms in total. The van der Waals surface area contributed by atoms with E-state index in [1.165, 1.54) is 11.1 Å². The van der Waals surface area contributed by atoms with E-state index in [1.54, 1.807) is 6.07 Å². The third-order valence-corrected chi connectivity index (χ3v) is 4.61. The number of benzene rings is 2. The lowest BCUT2D eigenvalue weighted by molar-refractivity contribution is 0.112. The fraction of sp³-hybridized carbons (Fsp3) is 0.227. The number of anilines is 1. The lowest BCUT2D eigenvalue weighted by atomic mass is 10.0. The van der Waals surface area contributed by atoms with E-state index in [0.717, 1.165) is 41.1 Å². The highest BCUT2D eigenvalue weighted by molar-refractivity contribution is 5.81. The molecule has 3 rings (SSSR count). The molecule has 0 aliphatic carbocycles. The monoisotopic (exact) mass is 333 g/mol. The Kier molecular flexibility index (Phi) is 4.75. The molecule has 0 N–H and O–H groups in total. The highest BCUT2D eigenvalue weighted by Gasteiger charge is 2.23. The van der Waals surface area contributed by atoms with E-state index in [9.17, 15) is 4.79 Å². The van der Waals surface area contributed by atoms with Gasteiger partial charge in [0.15, 0.2) is 0 Å². The molecule has 0 saturated heterocycles. The minimum atomic E-state index is 0.575. The zero-order chi connectivity index (χ0) is 18.0. The van der Waals surface area contributed by atoms with Gasteiger partial charge in [-0.3, -0.25) is 4.79 Å². The maximum atomic E-state index is 11.1. The SMILES string of the molecule is C=C(/C(C)=C/c1ccccc1C)N1CCOc2cc(C=O)cc(C)c21. The molecular formula is C22H23NO2. The molecule has 0 fully saturated rings. The van der Waals surface area contributed by atoms with E-state index in [-0.39, 0.29) is 0 Å². The summed E-state index contributed by atoms with van der Waals surface area (Å²) in [6, 6.07) is 12.0. The van der Waals surface area contributed by atoms with Gasteiger partial charge in [0, 0.05) is 11.3 Å². The number of rotatable bonds is 4. The summed E-state index contributed by atoms with van der Waals surface area (Å²) in [4.78, 5) is 13.3. The van der Waals surface area contributed by atoms with Gasteiger partial charge in [-0.05, 0) is 61.2 Å². The van der Waals surface area contributed by atoms with E-state index >= 15 is 0 Å². The van der Waals surface area contributed by atoms with Gasteiger partial charge in [-0.25, -0.2) is 0 Å². The first kappa shape index (κ1) is 17.0. The predicted octanol–water partition coefficient (Wildman–Crippen LogP) is 4.93. The molecule has 128 valence electrons. The van der Waals surface area contributed by atoms with Crippen LogP contribution in [0.4, 0.5) is 5.69 Å². The lowest BCUT2D eigenvalue weighted by Gasteiger charge is -2.34. The number of hydrogen-bond donors (Lipinski definition) is 0. The van der Waals surface area contributed by atoms with Gasteiger partial charge in [0.1, 0.15) is 18.6 Å². The van der Waals surface area contributed by atoms with Crippen LogP contribution in [0.5, 0.6) is 5.75 Å². The molecule has 1 aliphatic heterocycles. The van der Waals surface area contributed by atoms with Crippen LogP contribution in [0.2, 0.25) is 0 Å². The molecule has 1 aliphatic rings. The Morgan fingerprint density at radius 1 is 1.20 bits per heavy atom. The first-order valence-electron chi connectivity index (χ1n) is 8.44. The van der Waals surface area contributed by atoms with Crippen molar-refractivity contribution in [1.29, 1.82) is 0 Å². The second-order valence-corrected chi connectivity index (χ2v) is 6.43. The molecule has 0 radical (unpaired) electrons. The van der Waals surface area contributed by atoms with Crippen molar-refractivity contribution in [2.24, 2.45) is 0 Å². The van der Waals surface area contributed by atoms with E-state index in [0.29, 0.717) is 12.2 Å². The van der Waals surface area contributed by atoms with Crippen molar-refractivity contribution in [2.75, 3.05) is 18.1 Å². The van der Waals surface area contributed by atoms with Crippen LogP contribution in [0.25, 0.3) is 6.08 Å². The molecular weight excluding hydrogens is 310 g/mol. The van der Waals surface area contributed by atoms with E-state index in [1.807, 2.05) is 25.1 Å². The van der Waals surface area contributed by atoms with Crippen LogP contribution in [-0.4, -0.2) is 19.4 Å². The lowest BCUT2D eigenvalue weighted by Crippen LogP contribution is -2.32. The van der Waals surface area contributed by atoms with Crippen molar-refractivity contribution in [3.8, 4) is 5.75 Å². The molecule has 0 spiro atoms. The summed E-state index contributed by atoms with van der Waals surface area (Å²) in [6.07, 6.45) is 3.02. The minimum absolute atomic E-state index is 0.575. The largest absolute Gasteiger partial charge is 0.490 e. The predicted molar refractivity (Wildman–Crippen MR) is 103 cm³/mol. The number of fused-ring (bicyclic) bond motifs is 1. The number of hydrogen-bond acceptors (Lipinski definition) is 3. The number of allylic oxidation sites excluding steroid dienone is 1. The van der Waals surface area contributed by atoms with E-state index in [4.69, 9.17) is 4.74 Å². The first-order valence-corrected chi connectivity index (χ1v) is 8.44. The summed E-state index contributed by atoms with van der Waals surface area (Å²) in [5.41, 5.74) is 7.15. The summed E-state index contributed by atoms with van der Waals surface area (Å²) in [6.45, 7) is 11.8. The third kappa shape index (κ3) is 3.36. The van der Waals surface area contributed by atoms with Crippen molar-refractivity contribution in [3.05, 3.63) is 76.5 Å². The molecule has 0 amide bonds. The average molecular weight is 333 g/mol. The van der Waals surface area contributed by atoms with Crippen LogP contribution in [-0.2, 0) is 0 Å². The molecule has 0 aromatic heterocycles. The highest BCUT2D eigenvalue weighted by atomic mass is 16.5. The summed E-state index contributed by atoms with van der Waals surface area (Å²) >= 11 is 0. The number of ether oxygens (including phenoxy) is 1. The minimum Gasteiger partial charge on any atom is -0.490 e. The number of aryl methyl sites for hydroxylation is 2. The molecule has 0 atom stereocenters. The number of carbonyl (C=O) groups excluding carboxylic acids is 1. The standard InChI is InChI=1S/C22H23NO2/c1-15-7-5-6-8-20(15)12-16(2)18(4)23-9-10-25-21-13-19(14-24)11-17(3)22(21)23/h5-8,11-14H,4,9-10H2,1-3H3/b16-12+. The van der Waals surface area contributed by atoms with Crippen LogP contribution >= 0.6 is 0 Å². The van der Waals surface area contributed by atoms with Gasteiger partial charge in [0.25, 0.3) is 0 Å². The highest BCUT2D eigenvalue weighted by Crippen LogP contribution is 2.39. The van der Waals surface area contributed by atoms with E-state index < -0.39 is 0 Å². The Balaban J connectivity index is 1.97. The van der Waals surface area contributed by atoms with Gasteiger partial charge in [-0.2, -0.15) is 0 Å². The van der Waals surface area contributed by atoms with Crippen LogP contribution in [0.15, 0.2) is 54.2 Å². The molecule has 1 heterocycles. The number of nitrogens with zero attached hydrogens (tertiary/aromatic N) is 1. The van der Waals surface area contributed by atoms with Crippen molar-refractivity contribution >= 4 is 18.0 Å². The van der Waals surface area contributed by atoms with Crippen molar-refractivity contribution in [1.82, 2.24) is 0 Å². The van der Waals surface area contributed by atoms with Crippen LogP contribution < -0.4 is 9.64 Å². The zero-order valence-electron chi connectivity index (χ0n) is 15.0. The number of carbonyl (C=O) groups is 1. The summed E-state index contributed by atoms with van der Waals surface area (Å²) in [5, 5.41) is 0. The topological polar surface area (TPSA) is 29.5 Å². The molecule has 0 bridgehead atoms. The molecule has 2 aromatic carbocycles. The Morgan fingerprint density at radius 2 is 1.96 bits per heavy atom. The quantitative estimate of drug-likeness (QED) is 0.587. The van der Waals surface area contributed by atoms with Crippen LogP contribution in [0.1, 0.15) is 34.0 Å². The van der Waals surface area contributed by atoms with Gasteiger partial charge >= 0.3 is 0 Å². The van der Waals surface area contributed by atoms with E-state index in [2.05, 4.69) is 43.5 Å². The smallest absolute Gasteiger partial charge is 0.150 e. The van der Waals surface area contributed by atoms with Crippen molar-refractivity contribution in [2.45, 2.75) is 20.8 Å².